The van der Waals surface area contributed by atoms with E-state index >= 15 is 0 Å². The predicted octanol–water partition coefficient (Wildman–Crippen LogP) is 3.28. The highest BCUT2D eigenvalue weighted by atomic mass is 35.5. The molecular formula is C13H9ClN2O. The monoisotopic (exact) mass is 244 g/mol. The van der Waals surface area contributed by atoms with Crippen LogP contribution in [0.1, 0.15) is 5.56 Å². The van der Waals surface area contributed by atoms with E-state index < -0.39 is 0 Å². The van der Waals surface area contributed by atoms with Crippen LogP contribution in [0.15, 0.2) is 36.5 Å². The Morgan fingerprint density at radius 2 is 2.12 bits per heavy atom. The Kier molecular flexibility index (Phi) is 3.27. The zero-order chi connectivity index (χ0) is 12.3. The van der Waals surface area contributed by atoms with Crippen LogP contribution < -0.4 is 4.74 Å². The van der Waals surface area contributed by atoms with Crippen molar-refractivity contribution in [2.24, 2.45) is 0 Å². The minimum absolute atomic E-state index is 0.409. The summed E-state index contributed by atoms with van der Waals surface area (Å²) in [7, 11) is 1.59. The quantitative estimate of drug-likeness (QED) is 0.762. The molecule has 2 aromatic rings. The van der Waals surface area contributed by atoms with Gasteiger partial charge in [0, 0.05) is 11.8 Å². The van der Waals surface area contributed by atoms with Crippen LogP contribution in [0, 0.1) is 11.3 Å². The predicted molar refractivity (Wildman–Crippen MR) is 66.0 cm³/mol. The van der Waals surface area contributed by atoms with Gasteiger partial charge < -0.3 is 4.74 Å². The molecule has 3 nitrogen and oxygen atoms in total. The second kappa shape index (κ2) is 4.86. The van der Waals surface area contributed by atoms with Crippen molar-refractivity contribution in [2.75, 3.05) is 7.11 Å². The van der Waals surface area contributed by atoms with Gasteiger partial charge in [-0.3, -0.25) is 0 Å². The van der Waals surface area contributed by atoms with Crippen LogP contribution in [0.4, 0.5) is 0 Å². The summed E-state index contributed by atoms with van der Waals surface area (Å²) in [5.74, 6) is 0.700. The summed E-state index contributed by atoms with van der Waals surface area (Å²) >= 11 is 5.85. The first-order chi connectivity index (χ1) is 8.24. The molecule has 1 aromatic heterocycles. The zero-order valence-corrected chi connectivity index (χ0v) is 9.90. The van der Waals surface area contributed by atoms with Crippen molar-refractivity contribution in [1.82, 2.24) is 4.98 Å². The summed E-state index contributed by atoms with van der Waals surface area (Å²) in [6.45, 7) is 0. The Labute approximate surface area is 104 Å². The minimum atomic E-state index is 0.409. The van der Waals surface area contributed by atoms with Crippen LogP contribution in [0.2, 0.25) is 5.15 Å². The smallest absolute Gasteiger partial charge is 0.129 e. The van der Waals surface area contributed by atoms with E-state index in [0.29, 0.717) is 16.5 Å². The van der Waals surface area contributed by atoms with E-state index in [4.69, 9.17) is 21.6 Å². The van der Waals surface area contributed by atoms with Gasteiger partial charge in [-0.1, -0.05) is 11.6 Å². The number of methoxy groups -OCH3 is 1. The van der Waals surface area contributed by atoms with Crippen molar-refractivity contribution in [3.05, 3.63) is 47.2 Å². The molecular weight excluding hydrogens is 236 g/mol. The van der Waals surface area contributed by atoms with Crippen LogP contribution in [0.25, 0.3) is 11.1 Å². The molecule has 0 spiro atoms. The summed E-state index contributed by atoms with van der Waals surface area (Å²) in [6.07, 6.45) is 1.62. The van der Waals surface area contributed by atoms with Gasteiger partial charge in [0.15, 0.2) is 0 Å². The fourth-order valence-electron chi connectivity index (χ4n) is 1.57. The molecule has 0 aliphatic rings. The van der Waals surface area contributed by atoms with E-state index in [1.165, 1.54) is 0 Å². The van der Waals surface area contributed by atoms with Crippen LogP contribution in [0.5, 0.6) is 5.75 Å². The average molecular weight is 245 g/mol. The number of benzene rings is 1. The Hall–Kier alpha value is -2.05. The number of hydrogen-bond donors (Lipinski definition) is 0. The van der Waals surface area contributed by atoms with Crippen molar-refractivity contribution < 1.29 is 4.74 Å². The van der Waals surface area contributed by atoms with Gasteiger partial charge >= 0.3 is 0 Å². The maximum Gasteiger partial charge on any atom is 0.129 e. The molecule has 0 atom stereocenters. The molecule has 0 radical (unpaired) electrons. The molecule has 0 bridgehead atoms. The number of hydrogen-bond acceptors (Lipinski definition) is 3. The highest BCUT2D eigenvalue weighted by molar-refractivity contribution is 6.29. The fourth-order valence-corrected chi connectivity index (χ4v) is 1.75. The first-order valence-corrected chi connectivity index (χ1v) is 5.32. The van der Waals surface area contributed by atoms with Gasteiger partial charge in [0.05, 0.1) is 18.7 Å². The largest absolute Gasteiger partial charge is 0.496 e. The lowest BCUT2D eigenvalue weighted by Crippen LogP contribution is -1.89. The standard InChI is InChI=1S/C13H9ClN2O/c1-17-12-3-2-9(8-15)6-11(12)10-4-5-16-13(14)7-10/h2-7H,1H3. The van der Waals surface area contributed by atoms with E-state index in [0.717, 1.165) is 11.1 Å². The lowest BCUT2D eigenvalue weighted by Gasteiger charge is -2.08. The third-order valence-corrected chi connectivity index (χ3v) is 2.57. The highest BCUT2D eigenvalue weighted by Crippen LogP contribution is 2.31. The third kappa shape index (κ3) is 2.38. The fraction of sp³-hybridized carbons (Fsp3) is 0.0769. The summed E-state index contributed by atoms with van der Waals surface area (Å²) in [5, 5.41) is 9.31. The third-order valence-electron chi connectivity index (χ3n) is 2.37. The Morgan fingerprint density at radius 3 is 2.76 bits per heavy atom. The normalized spacial score (nSPS) is 9.71. The highest BCUT2D eigenvalue weighted by Gasteiger charge is 2.07. The van der Waals surface area contributed by atoms with Gasteiger partial charge in [0.1, 0.15) is 10.9 Å². The Morgan fingerprint density at radius 1 is 1.29 bits per heavy atom. The summed E-state index contributed by atoms with van der Waals surface area (Å²) in [5.41, 5.74) is 2.28. The van der Waals surface area contributed by atoms with Crippen molar-refractivity contribution in [3.63, 3.8) is 0 Å². The molecule has 17 heavy (non-hydrogen) atoms. The molecule has 0 amide bonds. The molecule has 0 fully saturated rings. The maximum absolute atomic E-state index is 8.90. The lowest BCUT2D eigenvalue weighted by molar-refractivity contribution is 0.416. The number of rotatable bonds is 2. The van der Waals surface area contributed by atoms with Crippen molar-refractivity contribution in [2.45, 2.75) is 0 Å². The van der Waals surface area contributed by atoms with Crippen molar-refractivity contribution in [1.29, 1.82) is 5.26 Å². The van der Waals surface area contributed by atoms with Gasteiger partial charge in [-0.15, -0.1) is 0 Å². The number of pyridine rings is 1. The molecule has 84 valence electrons. The SMILES string of the molecule is COc1ccc(C#N)cc1-c1ccnc(Cl)c1. The maximum atomic E-state index is 8.90. The molecule has 1 heterocycles. The van der Waals surface area contributed by atoms with Gasteiger partial charge in [-0.2, -0.15) is 5.26 Å². The molecule has 2 rings (SSSR count). The van der Waals surface area contributed by atoms with E-state index in [-0.39, 0.29) is 0 Å². The van der Waals surface area contributed by atoms with E-state index in [9.17, 15) is 0 Å². The van der Waals surface area contributed by atoms with Crippen LogP contribution in [0.3, 0.4) is 0 Å². The first-order valence-electron chi connectivity index (χ1n) is 4.94. The number of aromatic nitrogens is 1. The topological polar surface area (TPSA) is 45.9 Å². The van der Waals surface area contributed by atoms with E-state index in [2.05, 4.69) is 11.1 Å². The first kappa shape index (κ1) is 11.4. The summed E-state index contributed by atoms with van der Waals surface area (Å²) in [4.78, 5) is 3.92. The van der Waals surface area contributed by atoms with Gasteiger partial charge in [-0.05, 0) is 35.9 Å². The van der Waals surface area contributed by atoms with Gasteiger partial charge in [-0.25, -0.2) is 4.98 Å². The van der Waals surface area contributed by atoms with Crippen LogP contribution in [-0.4, -0.2) is 12.1 Å². The zero-order valence-electron chi connectivity index (χ0n) is 9.14. The van der Waals surface area contributed by atoms with E-state index in [1.807, 2.05) is 6.07 Å². The average Bonchev–Trinajstić information content (AvgIpc) is 2.38. The van der Waals surface area contributed by atoms with Gasteiger partial charge in [0.25, 0.3) is 0 Å². The van der Waals surface area contributed by atoms with Crippen LogP contribution >= 0.6 is 11.6 Å². The van der Waals surface area contributed by atoms with Gasteiger partial charge in [0.2, 0.25) is 0 Å². The Balaban J connectivity index is 2.61. The number of ether oxygens (including phenoxy) is 1. The molecule has 0 saturated carbocycles. The summed E-state index contributed by atoms with van der Waals surface area (Å²) < 4.78 is 5.27. The molecule has 0 N–H and O–H groups in total. The van der Waals surface area contributed by atoms with Crippen LogP contribution in [-0.2, 0) is 0 Å². The second-order valence-corrected chi connectivity index (χ2v) is 3.78. The number of nitriles is 1. The molecule has 0 aliphatic carbocycles. The molecule has 0 saturated heterocycles. The number of halogens is 1. The molecule has 0 aliphatic heterocycles. The van der Waals surface area contributed by atoms with Crippen molar-refractivity contribution in [3.8, 4) is 22.9 Å². The second-order valence-electron chi connectivity index (χ2n) is 3.39. The molecule has 0 unspecified atom stereocenters. The molecule has 4 heteroatoms. The molecule has 1 aromatic carbocycles. The van der Waals surface area contributed by atoms with Crippen molar-refractivity contribution >= 4 is 11.6 Å². The Bertz CT molecular complexity index is 590. The summed E-state index contributed by atoms with van der Waals surface area (Å²) in [6, 6.07) is 10.9. The van der Waals surface area contributed by atoms with E-state index in [1.54, 1.807) is 37.6 Å². The minimum Gasteiger partial charge on any atom is -0.496 e. The lowest BCUT2D eigenvalue weighted by atomic mass is 10.0. The number of nitrogens with zero attached hydrogens (tertiary/aromatic N) is 2.